The summed E-state index contributed by atoms with van der Waals surface area (Å²) in [6.45, 7) is 2.07. The number of benzene rings is 2. The summed E-state index contributed by atoms with van der Waals surface area (Å²) in [6.07, 6.45) is 5.00. The van der Waals surface area contributed by atoms with E-state index in [1.807, 2.05) is 30.3 Å². The van der Waals surface area contributed by atoms with Crippen molar-refractivity contribution in [2.24, 2.45) is 0 Å². The zero-order chi connectivity index (χ0) is 21.5. The van der Waals surface area contributed by atoms with E-state index < -0.39 is 0 Å². The highest BCUT2D eigenvalue weighted by molar-refractivity contribution is 7.99. The zero-order valence-corrected chi connectivity index (χ0v) is 18.5. The Labute approximate surface area is 189 Å². The summed E-state index contributed by atoms with van der Waals surface area (Å²) >= 11 is 2.98. The predicted octanol–water partition coefficient (Wildman–Crippen LogP) is 5.88. The maximum Gasteiger partial charge on any atom is 0.275 e. The van der Waals surface area contributed by atoms with Gasteiger partial charge >= 0.3 is 0 Å². The van der Waals surface area contributed by atoms with Crippen molar-refractivity contribution in [2.45, 2.75) is 27.6 Å². The molecule has 7 heteroatoms. The highest BCUT2D eigenvalue weighted by Gasteiger charge is 2.17. The van der Waals surface area contributed by atoms with E-state index in [2.05, 4.69) is 51.5 Å². The van der Waals surface area contributed by atoms with E-state index in [-0.39, 0.29) is 5.91 Å². The molecular formula is C24H20N4OS2. The number of carbonyl (C=O) groups is 1. The van der Waals surface area contributed by atoms with Crippen LogP contribution in [0.15, 0.2) is 100 Å². The highest BCUT2D eigenvalue weighted by Crippen LogP contribution is 2.31. The fraction of sp³-hybridized carbons (Fsp3) is 0.0833. The van der Waals surface area contributed by atoms with Crippen molar-refractivity contribution in [1.29, 1.82) is 0 Å². The van der Waals surface area contributed by atoms with Gasteiger partial charge in [0.25, 0.3) is 5.91 Å². The Morgan fingerprint density at radius 1 is 0.968 bits per heavy atom. The van der Waals surface area contributed by atoms with Crippen LogP contribution in [-0.2, 0) is 5.75 Å². The molecule has 2 aromatic carbocycles. The van der Waals surface area contributed by atoms with E-state index in [1.165, 1.54) is 34.7 Å². The van der Waals surface area contributed by atoms with Crippen molar-refractivity contribution in [3.63, 3.8) is 0 Å². The Bertz CT molecular complexity index is 1150. The minimum atomic E-state index is -0.274. The second-order valence-corrected chi connectivity index (χ2v) is 8.80. The normalized spacial score (nSPS) is 10.6. The van der Waals surface area contributed by atoms with Gasteiger partial charge < -0.3 is 5.32 Å². The van der Waals surface area contributed by atoms with Gasteiger partial charge in [-0.2, -0.15) is 0 Å². The molecule has 0 saturated carbocycles. The van der Waals surface area contributed by atoms with Crippen LogP contribution < -0.4 is 5.32 Å². The lowest BCUT2D eigenvalue weighted by atomic mass is 10.2. The van der Waals surface area contributed by atoms with Crippen molar-refractivity contribution in [1.82, 2.24) is 15.0 Å². The summed E-state index contributed by atoms with van der Waals surface area (Å²) in [5.74, 6) is 0.459. The molecule has 0 bridgehead atoms. The summed E-state index contributed by atoms with van der Waals surface area (Å²) < 4.78 is 0. The number of amides is 1. The largest absolute Gasteiger partial charge is 0.321 e. The second kappa shape index (κ2) is 10.2. The maximum absolute atomic E-state index is 13.0. The maximum atomic E-state index is 13.0. The van der Waals surface area contributed by atoms with Crippen LogP contribution >= 0.6 is 23.5 Å². The minimum absolute atomic E-state index is 0.274. The monoisotopic (exact) mass is 444 g/mol. The molecule has 0 spiro atoms. The van der Waals surface area contributed by atoms with Gasteiger partial charge in [-0.1, -0.05) is 71.6 Å². The van der Waals surface area contributed by atoms with E-state index >= 15 is 0 Å². The van der Waals surface area contributed by atoms with Gasteiger partial charge in [-0.05, 0) is 36.8 Å². The van der Waals surface area contributed by atoms with Crippen molar-refractivity contribution >= 4 is 35.1 Å². The quantitative estimate of drug-likeness (QED) is 0.284. The molecule has 4 rings (SSSR count). The van der Waals surface area contributed by atoms with Crippen LogP contribution in [0.1, 0.15) is 21.6 Å². The van der Waals surface area contributed by atoms with Gasteiger partial charge in [-0.15, -0.1) is 0 Å². The van der Waals surface area contributed by atoms with E-state index in [9.17, 15) is 4.79 Å². The molecule has 5 nitrogen and oxygen atoms in total. The molecule has 0 aliphatic carbocycles. The third kappa shape index (κ3) is 5.93. The molecule has 31 heavy (non-hydrogen) atoms. The van der Waals surface area contributed by atoms with E-state index in [4.69, 9.17) is 0 Å². The summed E-state index contributed by atoms with van der Waals surface area (Å²) in [5.41, 5.74) is 3.43. The number of hydrogen-bond acceptors (Lipinski definition) is 6. The number of hydrogen-bond donors (Lipinski definition) is 1. The van der Waals surface area contributed by atoms with Gasteiger partial charge in [0.15, 0.2) is 5.16 Å². The van der Waals surface area contributed by atoms with E-state index in [0.29, 0.717) is 21.4 Å². The molecule has 0 aliphatic rings. The number of nitrogens with one attached hydrogen (secondary N) is 1. The number of pyridine rings is 1. The van der Waals surface area contributed by atoms with Crippen molar-refractivity contribution in [3.05, 3.63) is 102 Å². The van der Waals surface area contributed by atoms with Crippen molar-refractivity contribution in [3.8, 4) is 0 Å². The molecule has 0 aliphatic heterocycles. The lowest BCUT2D eigenvalue weighted by Gasteiger charge is -2.10. The van der Waals surface area contributed by atoms with Crippen LogP contribution in [0.2, 0.25) is 0 Å². The van der Waals surface area contributed by atoms with Gasteiger partial charge in [-0.25, -0.2) is 9.97 Å². The molecule has 0 fully saturated rings. The van der Waals surface area contributed by atoms with Crippen LogP contribution in [-0.4, -0.2) is 20.9 Å². The van der Waals surface area contributed by atoms with Gasteiger partial charge in [0.2, 0.25) is 0 Å². The number of carbonyl (C=O) groups excluding carboxylic acids is 1. The van der Waals surface area contributed by atoms with Crippen LogP contribution in [0.4, 0.5) is 5.69 Å². The number of rotatable bonds is 7. The summed E-state index contributed by atoms with van der Waals surface area (Å²) in [5, 5.41) is 3.47. The van der Waals surface area contributed by atoms with Gasteiger partial charge in [0.1, 0.15) is 5.69 Å². The predicted molar refractivity (Wildman–Crippen MR) is 126 cm³/mol. The fourth-order valence-electron chi connectivity index (χ4n) is 2.73. The molecule has 0 unspecified atom stereocenters. The minimum Gasteiger partial charge on any atom is -0.321 e. The Kier molecular flexibility index (Phi) is 6.96. The highest BCUT2D eigenvalue weighted by atomic mass is 32.2. The molecule has 0 radical (unpaired) electrons. The Hall–Kier alpha value is -3.16. The lowest BCUT2D eigenvalue weighted by molar-refractivity contribution is 0.101. The summed E-state index contributed by atoms with van der Waals surface area (Å²) in [6, 6.07) is 21.7. The number of aromatic nitrogens is 3. The first-order valence-corrected chi connectivity index (χ1v) is 11.5. The summed E-state index contributed by atoms with van der Waals surface area (Å²) in [7, 11) is 0. The topological polar surface area (TPSA) is 67.8 Å². The standard InChI is InChI=1S/C24H20N4OS2/c1-17-7-9-18(10-8-17)16-30-24-26-15-21(31-20-5-3-2-4-6-20)22(28-24)23(29)27-19-11-13-25-14-12-19/h2-15H,16H2,1H3,(H,25,27,29). The molecule has 1 amide bonds. The smallest absolute Gasteiger partial charge is 0.275 e. The third-order valence-electron chi connectivity index (χ3n) is 4.35. The van der Waals surface area contributed by atoms with Gasteiger partial charge in [0, 0.05) is 34.9 Å². The molecule has 1 N–H and O–H groups in total. The van der Waals surface area contributed by atoms with Crippen molar-refractivity contribution in [2.75, 3.05) is 5.32 Å². The van der Waals surface area contributed by atoms with Crippen LogP contribution in [0.5, 0.6) is 0 Å². The van der Waals surface area contributed by atoms with E-state index in [1.54, 1.807) is 30.7 Å². The molecule has 0 saturated heterocycles. The second-order valence-electron chi connectivity index (χ2n) is 6.74. The molecule has 2 heterocycles. The molecular weight excluding hydrogens is 424 g/mol. The average molecular weight is 445 g/mol. The number of aryl methyl sites for hydroxylation is 1. The molecule has 154 valence electrons. The Morgan fingerprint density at radius 3 is 2.45 bits per heavy atom. The fourth-order valence-corrected chi connectivity index (χ4v) is 4.39. The molecule has 0 atom stereocenters. The first-order chi connectivity index (χ1) is 15.2. The average Bonchev–Trinajstić information content (AvgIpc) is 2.81. The Morgan fingerprint density at radius 2 is 1.71 bits per heavy atom. The summed E-state index contributed by atoms with van der Waals surface area (Å²) in [4.78, 5) is 27.9. The van der Waals surface area contributed by atoms with E-state index in [0.717, 1.165) is 10.6 Å². The SMILES string of the molecule is Cc1ccc(CSc2ncc(Sc3ccccc3)c(C(=O)Nc3ccncc3)n2)cc1. The van der Waals surface area contributed by atoms with Crippen LogP contribution in [0, 0.1) is 6.92 Å². The number of thioether (sulfide) groups is 1. The van der Waals surface area contributed by atoms with Crippen LogP contribution in [0.25, 0.3) is 0 Å². The first kappa shape index (κ1) is 21.1. The van der Waals surface area contributed by atoms with Gasteiger partial charge in [0.05, 0.1) is 4.90 Å². The Balaban J connectivity index is 1.58. The number of nitrogens with zero attached hydrogens (tertiary/aromatic N) is 3. The number of anilines is 1. The molecule has 4 aromatic rings. The van der Waals surface area contributed by atoms with Gasteiger partial charge in [-0.3, -0.25) is 9.78 Å². The van der Waals surface area contributed by atoms with Crippen LogP contribution in [0.3, 0.4) is 0 Å². The van der Waals surface area contributed by atoms with Crippen molar-refractivity contribution < 1.29 is 4.79 Å². The first-order valence-electron chi connectivity index (χ1n) is 9.67. The lowest BCUT2D eigenvalue weighted by Crippen LogP contribution is -2.16. The third-order valence-corrected chi connectivity index (χ3v) is 6.31. The zero-order valence-electron chi connectivity index (χ0n) is 16.9. The molecule has 2 aromatic heterocycles.